The number of benzene rings is 1. The molecule has 0 spiro atoms. The van der Waals surface area contributed by atoms with Gasteiger partial charge in [0.05, 0.1) is 6.54 Å². The fourth-order valence-electron chi connectivity index (χ4n) is 5.21. The van der Waals surface area contributed by atoms with Crippen LogP contribution in [0.3, 0.4) is 0 Å². The van der Waals surface area contributed by atoms with Crippen LogP contribution in [0, 0.1) is 5.92 Å². The molecule has 3 atom stereocenters. The van der Waals surface area contributed by atoms with Crippen LogP contribution >= 0.6 is 0 Å². The number of carbonyl (C=O) groups is 3. The smallest absolute Gasteiger partial charge is 0.325 e. The number of urea groups is 1. The number of nitrogens with zero attached hydrogens (tertiary/aromatic N) is 3. The van der Waals surface area contributed by atoms with Gasteiger partial charge in [-0.2, -0.15) is 0 Å². The molecule has 0 saturated carbocycles. The van der Waals surface area contributed by atoms with Crippen LogP contribution in [-0.2, 0) is 22.7 Å². The van der Waals surface area contributed by atoms with Crippen LogP contribution in [0.1, 0.15) is 36.4 Å². The summed E-state index contributed by atoms with van der Waals surface area (Å²) < 4.78 is 1.84. The van der Waals surface area contributed by atoms with Crippen LogP contribution in [0.4, 0.5) is 4.79 Å². The highest BCUT2D eigenvalue weighted by Crippen LogP contribution is 2.35. The Morgan fingerprint density at radius 3 is 2.59 bits per heavy atom. The van der Waals surface area contributed by atoms with E-state index in [2.05, 4.69) is 5.32 Å². The van der Waals surface area contributed by atoms with Crippen molar-refractivity contribution in [3.63, 3.8) is 0 Å². The largest absolute Gasteiger partial charge is 0.342 e. The zero-order valence-corrected chi connectivity index (χ0v) is 17.8. The Balaban J connectivity index is 1.19. The van der Waals surface area contributed by atoms with E-state index < -0.39 is 12.1 Å². The lowest BCUT2D eigenvalue weighted by Crippen LogP contribution is -2.49. The van der Waals surface area contributed by atoms with Crippen molar-refractivity contribution >= 4 is 17.8 Å². The Labute approximate surface area is 185 Å². The van der Waals surface area contributed by atoms with Crippen LogP contribution in [0.5, 0.6) is 0 Å². The van der Waals surface area contributed by atoms with E-state index in [1.165, 1.54) is 4.90 Å². The number of likely N-dealkylation sites (tertiary alicyclic amines) is 1. The molecule has 3 aliphatic rings. The Bertz CT molecular complexity index is 1110. The van der Waals surface area contributed by atoms with Gasteiger partial charge in [-0.15, -0.1) is 0 Å². The molecular formula is C24H26N4O4. The van der Waals surface area contributed by atoms with Crippen LogP contribution in [0.2, 0.25) is 0 Å². The second-order valence-electron chi connectivity index (χ2n) is 8.95. The number of amides is 4. The maximum Gasteiger partial charge on any atom is 0.325 e. The third-order valence-corrected chi connectivity index (χ3v) is 6.77. The normalized spacial score (nSPS) is 24.3. The van der Waals surface area contributed by atoms with Gasteiger partial charge in [-0.25, -0.2) is 4.79 Å². The highest BCUT2D eigenvalue weighted by molar-refractivity contribution is 6.04. The number of hydrogen-bond acceptors (Lipinski definition) is 4. The Morgan fingerprint density at radius 2 is 1.78 bits per heavy atom. The molecule has 8 nitrogen and oxygen atoms in total. The first kappa shape index (κ1) is 20.5. The molecule has 166 valence electrons. The minimum atomic E-state index is -0.668. The third-order valence-electron chi connectivity index (χ3n) is 6.77. The molecule has 4 amide bonds. The minimum absolute atomic E-state index is 0.00464. The average Bonchev–Trinajstić information content (AvgIpc) is 3.06. The molecule has 2 bridgehead atoms. The summed E-state index contributed by atoms with van der Waals surface area (Å²) in [4.78, 5) is 53.2. The molecule has 32 heavy (non-hydrogen) atoms. The Hall–Kier alpha value is -3.42. The van der Waals surface area contributed by atoms with Gasteiger partial charge in [-0.05, 0) is 30.4 Å². The Kier molecular flexibility index (Phi) is 5.28. The first-order valence-corrected chi connectivity index (χ1v) is 11.1. The van der Waals surface area contributed by atoms with Gasteiger partial charge in [0.2, 0.25) is 5.91 Å². The molecule has 3 aliphatic heterocycles. The van der Waals surface area contributed by atoms with Crippen molar-refractivity contribution < 1.29 is 14.4 Å². The van der Waals surface area contributed by atoms with Crippen molar-refractivity contribution in [1.29, 1.82) is 0 Å². The average molecular weight is 434 g/mol. The van der Waals surface area contributed by atoms with Crippen LogP contribution in [0.25, 0.3) is 0 Å². The molecule has 1 aromatic heterocycles. The van der Waals surface area contributed by atoms with Crippen molar-refractivity contribution in [2.75, 3.05) is 13.1 Å². The van der Waals surface area contributed by atoms with Gasteiger partial charge in [0.15, 0.2) is 0 Å². The van der Waals surface area contributed by atoms with Crippen molar-refractivity contribution in [2.45, 2.75) is 44.3 Å². The van der Waals surface area contributed by atoms with E-state index in [0.29, 0.717) is 19.6 Å². The van der Waals surface area contributed by atoms with Gasteiger partial charge in [-0.3, -0.25) is 19.3 Å². The van der Waals surface area contributed by atoms with E-state index >= 15 is 0 Å². The van der Waals surface area contributed by atoms with Crippen LogP contribution < -0.4 is 10.9 Å². The number of piperidine rings is 1. The second-order valence-corrected chi connectivity index (χ2v) is 8.95. The summed E-state index contributed by atoms with van der Waals surface area (Å²) in [7, 11) is 0. The topological polar surface area (TPSA) is 91.7 Å². The number of rotatable bonds is 5. The van der Waals surface area contributed by atoms with E-state index in [4.69, 9.17) is 0 Å². The maximum absolute atomic E-state index is 12.9. The summed E-state index contributed by atoms with van der Waals surface area (Å²) in [6, 6.07) is 13.6. The van der Waals surface area contributed by atoms with E-state index in [9.17, 15) is 19.2 Å². The summed E-state index contributed by atoms with van der Waals surface area (Å²) in [5.74, 6) is 0.138. The first-order chi connectivity index (χ1) is 15.5. The van der Waals surface area contributed by atoms with Gasteiger partial charge < -0.3 is 14.8 Å². The van der Waals surface area contributed by atoms with Crippen LogP contribution in [-0.4, -0.2) is 51.3 Å². The van der Waals surface area contributed by atoms with Gasteiger partial charge in [0, 0.05) is 43.7 Å². The van der Waals surface area contributed by atoms with Crippen molar-refractivity contribution in [1.82, 2.24) is 19.7 Å². The van der Waals surface area contributed by atoms with Gasteiger partial charge >= 0.3 is 6.03 Å². The molecule has 1 N–H and O–H groups in total. The molecule has 0 radical (unpaired) electrons. The lowest BCUT2D eigenvalue weighted by atomic mass is 9.83. The molecule has 2 saturated heterocycles. The van der Waals surface area contributed by atoms with Crippen LogP contribution in [0.15, 0.2) is 53.3 Å². The predicted octanol–water partition coefficient (Wildman–Crippen LogP) is 1.69. The minimum Gasteiger partial charge on any atom is -0.342 e. The first-order valence-electron chi connectivity index (χ1n) is 11.1. The van der Waals surface area contributed by atoms with E-state index in [1.54, 1.807) is 12.1 Å². The SMILES string of the molecule is O=C(CC[C@@H]1NC(=O)N(Cc2ccccc2)C1=O)N1CC2CC(C1)c1cccc(=O)n1C2. The number of pyridine rings is 1. The molecular weight excluding hydrogens is 408 g/mol. The summed E-state index contributed by atoms with van der Waals surface area (Å²) >= 11 is 0. The number of aromatic nitrogens is 1. The molecule has 0 aliphatic carbocycles. The lowest BCUT2D eigenvalue weighted by Gasteiger charge is -2.42. The van der Waals surface area contributed by atoms with E-state index in [1.807, 2.05) is 45.9 Å². The summed E-state index contributed by atoms with van der Waals surface area (Å²) in [5, 5.41) is 2.72. The maximum atomic E-state index is 12.9. The number of fused-ring (bicyclic) bond motifs is 4. The number of imide groups is 1. The summed E-state index contributed by atoms with van der Waals surface area (Å²) in [5.41, 5.74) is 1.90. The second kappa shape index (κ2) is 8.26. The predicted molar refractivity (Wildman–Crippen MR) is 117 cm³/mol. The number of carbonyl (C=O) groups excluding carboxylic acids is 3. The molecule has 5 rings (SSSR count). The molecule has 8 heteroatoms. The fourth-order valence-corrected chi connectivity index (χ4v) is 5.21. The molecule has 4 heterocycles. The quantitative estimate of drug-likeness (QED) is 0.725. The molecule has 2 fully saturated rings. The Morgan fingerprint density at radius 1 is 0.969 bits per heavy atom. The van der Waals surface area contributed by atoms with Gasteiger partial charge in [0.25, 0.3) is 11.5 Å². The van der Waals surface area contributed by atoms with Gasteiger partial charge in [0.1, 0.15) is 6.04 Å². The van der Waals surface area contributed by atoms with Crippen molar-refractivity contribution in [2.24, 2.45) is 5.92 Å². The number of nitrogens with one attached hydrogen (secondary N) is 1. The molecule has 2 unspecified atom stereocenters. The van der Waals surface area contributed by atoms with E-state index in [-0.39, 0.29) is 48.6 Å². The lowest BCUT2D eigenvalue weighted by molar-refractivity contribution is -0.134. The fraction of sp³-hybridized carbons (Fsp3) is 0.417. The van der Waals surface area contributed by atoms with Crippen molar-refractivity contribution in [3.8, 4) is 0 Å². The van der Waals surface area contributed by atoms with Gasteiger partial charge in [-0.1, -0.05) is 36.4 Å². The summed E-state index contributed by atoms with van der Waals surface area (Å²) in [6.45, 7) is 2.08. The standard InChI is InChI=1S/C24H26N4O4/c29-21(26-12-17-11-18(15-26)20-7-4-8-22(30)27(20)14-17)10-9-19-23(31)28(24(32)25-19)13-16-5-2-1-3-6-16/h1-8,17-19H,9-15H2,(H,25,32)/t17?,18?,19-/m0/s1. The zero-order valence-electron chi connectivity index (χ0n) is 17.8. The van der Waals surface area contributed by atoms with Crippen molar-refractivity contribution in [3.05, 3.63) is 70.1 Å². The highest BCUT2D eigenvalue weighted by Gasteiger charge is 2.39. The highest BCUT2D eigenvalue weighted by atomic mass is 16.2. The molecule has 2 aromatic rings. The van der Waals surface area contributed by atoms with E-state index in [0.717, 1.165) is 17.7 Å². The monoisotopic (exact) mass is 434 g/mol. The third kappa shape index (κ3) is 3.81. The summed E-state index contributed by atoms with van der Waals surface area (Å²) in [6.07, 6.45) is 1.48. The molecule has 1 aromatic carbocycles. The number of hydrogen-bond donors (Lipinski definition) is 1. The zero-order chi connectivity index (χ0) is 22.2.